The van der Waals surface area contributed by atoms with Gasteiger partial charge in [-0.25, -0.2) is 0 Å². The smallest absolute Gasteiger partial charge is 0.0320 e. The number of likely N-dealkylation sites (tertiary alicyclic amines) is 1. The minimum absolute atomic E-state index is 0.509. The van der Waals surface area contributed by atoms with Crippen molar-refractivity contribution in [3.63, 3.8) is 0 Å². The fraction of sp³-hybridized carbons (Fsp3) is 0.474. The molecule has 1 saturated heterocycles. The van der Waals surface area contributed by atoms with Crippen LogP contribution in [0, 0.1) is 5.92 Å². The van der Waals surface area contributed by atoms with Gasteiger partial charge in [0.1, 0.15) is 0 Å². The summed E-state index contributed by atoms with van der Waals surface area (Å²) in [6.07, 6.45) is 2.69. The lowest BCUT2D eigenvalue weighted by Crippen LogP contribution is -2.40. The summed E-state index contributed by atoms with van der Waals surface area (Å²) in [6, 6.07) is 16.1. The number of rotatable bonds is 4. The molecular weight excluding hydrogens is 256 g/mol. The highest BCUT2D eigenvalue weighted by molar-refractivity contribution is 5.83. The Morgan fingerprint density at radius 1 is 1.19 bits per heavy atom. The van der Waals surface area contributed by atoms with E-state index in [4.69, 9.17) is 0 Å². The van der Waals surface area contributed by atoms with Crippen molar-refractivity contribution < 1.29 is 0 Å². The topological polar surface area (TPSA) is 15.3 Å². The number of hydrogen-bond acceptors (Lipinski definition) is 2. The van der Waals surface area contributed by atoms with Crippen LogP contribution < -0.4 is 5.32 Å². The first-order valence-corrected chi connectivity index (χ1v) is 8.15. The van der Waals surface area contributed by atoms with Gasteiger partial charge in [-0.2, -0.15) is 0 Å². The van der Waals surface area contributed by atoms with Gasteiger partial charge in [-0.05, 0) is 68.2 Å². The van der Waals surface area contributed by atoms with E-state index in [-0.39, 0.29) is 0 Å². The summed E-state index contributed by atoms with van der Waals surface area (Å²) >= 11 is 0. The van der Waals surface area contributed by atoms with E-state index in [1.54, 1.807) is 0 Å². The highest BCUT2D eigenvalue weighted by atomic mass is 15.2. The van der Waals surface area contributed by atoms with Gasteiger partial charge >= 0.3 is 0 Å². The molecule has 21 heavy (non-hydrogen) atoms. The van der Waals surface area contributed by atoms with E-state index in [2.05, 4.69) is 66.7 Å². The molecule has 2 heteroatoms. The summed E-state index contributed by atoms with van der Waals surface area (Å²) in [4.78, 5) is 2.65. The molecule has 0 amide bonds. The third kappa shape index (κ3) is 3.28. The van der Waals surface area contributed by atoms with E-state index >= 15 is 0 Å². The van der Waals surface area contributed by atoms with Gasteiger partial charge in [-0.1, -0.05) is 36.4 Å². The molecule has 2 atom stereocenters. The Hall–Kier alpha value is -1.38. The van der Waals surface area contributed by atoms with Crippen LogP contribution in [-0.2, 0) is 0 Å². The maximum absolute atomic E-state index is 3.33. The van der Waals surface area contributed by atoms with Crippen molar-refractivity contribution in [2.75, 3.05) is 26.7 Å². The Kier molecular flexibility index (Phi) is 4.57. The zero-order chi connectivity index (χ0) is 14.7. The minimum atomic E-state index is 0.509. The molecule has 0 aromatic heterocycles. The minimum Gasteiger partial charge on any atom is -0.319 e. The van der Waals surface area contributed by atoms with Gasteiger partial charge in [0.2, 0.25) is 0 Å². The summed E-state index contributed by atoms with van der Waals surface area (Å²) < 4.78 is 0. The van der Waals surface area contributed by atoms with Gasteiger partial charge in [0.25, 0.3) is 0 Å². The summed E-state index contributed by atoms with van der Waals surface area (Å²) in [5.74, 6) is 0.798. The van der Waals surface area contributed by atoms with Crippen molar-refractivity contribution in [2.24, 2.45) is 5.92 Å². The van der Waals surface area contributed by atoms with E-state index in [0.29, 0.717) is 6.04 Å². The first-order valence-electron chi connectivity index (χ1n) is 8.15. The Morgan fingerprint density at radius 2 is 2.00 bits per heavy atom. The Bertz CT molecular complexity index is 591. The standard InChI is InChI=1S/C19H26N2/c1-15(21-11-5-6-16(14-21)13-20-2)18-10-9-17-7-3-4-8-19(17)12-18/h3-4,7-10,12,15-16,20H,5-6,11,13-14H2,1-2H3. The van der Waals surface area contributed by atoms with Crippen LogP contribution >= 0.6 is 0 Å². The summed E-state index contributed by atoms with van der Waals surface area (Å²) in [6.45, 7) is 5.94. The van der Waals surface area contributed by atoms with Crippen molar-refractivity contribution in [1.82, 2.24) is 10.2 Å². The Labute approximate surface area is 128 Å². The predicted octanol–water partition coefficient (Wildman–Crippen LogP) is 3.83. The van der Waals surface area contributed by atoms with Crippen LogP contribution in [-0.4, -0.2) is 31.6 Å². The molecular formula is C19H26N2. The van der Waals surface area contributed by atoms with Crippen molar-refractivity contribution in [2.45, 2.75) is 25.8 Å². The zero-order valence-electron chi connectivity index (χ0n) is 13.2. The summed E-state index contributed by atoms with van der Waals surface area (Å²) in [5.41, 5.74) is 1.44. The maximum atomic E-state index is 3.33. The van der Waals surface area contributed by atoms with E-state index in [1.807, 2.05) is 0 Å². The molecule has 1 aliphatic heterocycles. The van der Waals surface area contributed by atoms with Crippen LogP contribution in [0.4, 0.5) is 0 Å². The second-order valence-corrected chi connectivity index (χ2v) is 6.34. The molecule has 1 aliphatic rings. The summed E-state index contributed by atoms with van der Waals surface area (Å²) in [7, 11) is 2.06. The zero-order valence-corrected chi connectivity index (χ0v) is 13.2. The normalized spacial score (nSPS) is 21.5. The largest absolute Gasteiger partial charge is 0.319 e. The van der Waals surface area contributed by atoms with Gasteiger partial charge in [0.05, 0.1) is 0 Å². The van der Waals surface area contributed by atoms with Crippen molar-refractivity contribution >= 4 is 10.8 Å². The third-order valence-corrected chi connectivity index (χ3v) is 4.85. The maximum Gasteiger partial charge on any atom is 0.0320 e. The van der Waals surface area contributed by atoms with Gasteiger partial charge < -0.3 is 5.32 Å². The van der Waals surface area contributed by atoms with Crippen LogP contribution in [0.5, 0.6) is 0 Å². The van der Waals surface area contributed by atoms with Crippen molar-refractivity contribution in [3.05, 3.63) is 48.0 Å². The Balaban J connectivity index is 1.77. The number of piperidine rings is 1. The molecule has 0 saturated carbocycles. The van der Waals surface area contributed by atoms with E-state index in [9.17, 15) is 0 Å². The number of benzene rings is 2. The molecule has 2 unspecified atom stereocenters. The molecule has 3 rings (SSSR count). The van der Waals surface area contributed by atoms with Crippen LogP contribution in [0.25, 0.3) is 10.8 Å². The third-order valence-electron chi connectivity index (χ3n) is 4.85. The number of fused-ring (bicyclic) bond motifs is 1. The van der Waals surface area contributed by atoms with Crippen molar-refractivity contribution in [1.29, 1.82) is 0 Å². The Morgan fingerprint density at radius 3 is 2.81 bits per heavy atom. The number of nitrogens with one attached hydrogen (secondary N) is 1. The first kappa shape index (κ1) is 14.6. The molecule has 2 nitrogen and oxygen atoms in total. The molecule has 2 aromatic rings. The van der Waals surface area contributed by atoms with Crippen molar-refractivity contribution in [3.8, 4) is 0 Å². The lowest BCUT2D eigenvalue weighted by atomic mass is 9.94. The number of nitrogens with zero attached hydrogens (tertiary/aromatic N) is 1. The predicted molar refractivity (Wildman–Crippen MR) is 90.6 cm³/mol. The lowest BCUT2D eigenvalue weighted by Gasteiger charge is -2.37. The van der Waals surface area contributed by atoms with E-state index in [1.165, 1.54) is 42.3 Å². The highest BCUT2D eigenvalue weighted by Crippen LogP contribution is 2.28. The summed E-state index contributed by atoms with van der Waals surface area (Å²) in [5, 5.41) is 6.02. The molecule has 0 spiro atoms. The van der Waals surface area contributed by atoms with Gasteiger partial charge in [-0.15, -0.1) is 0 Å². The average Bonchev–Trinajstić information content (AvgIpc) is 2.54. The molecule has 0 aliphatic carbocycles. The SMILES string of the molecule is CNCC1CCCN(C(C)c2ccc3ccccc3c2)C1. The molecule has 1 N–H and O–H groups in total. The van der Waals surface area contributed by atoms with E-state index < -0.39 is 0 Å². The first-order chi connectivity index (χ1) is 10.3. The van der Waals surface area contributed by atoms with Crippen LogP contribution in [0.1, 0.15) is 31.4 Å². The number of hydrogen-bond donors (Lipinski definition) is 1. The van der Waals surface area contributed by atoms with E-state index in [0.717, 1.165) is 12.5 Å². The molecule has 0 bridgehead atoms. The average molecular weight is 282 g/mol. The molecule has 2 aromatic carbocycles. The molecule has 1 heterocycles. The fourth-order valence-corrected chi connectivity index (χ4v) is 3.58. The second kappa shape index (κ2) is 6.59. The van der Waals surface area contributed by atoms with Crippen LogP contribution in [0.2, 0.25) is 0 Å². The van der Waals surface area contributed by atoms with Gasteiger partial charge in [0, 0.05) is 12.6 Å². The molecule has 112 valence electrons. The van der Waals surface area contributed by atoms with Gasteiger partial charge in [-0.3, -0.25) is 4.90 Å². The van der Waals surface area contributed by atoms with Crippen LogP contribution in [0.15, 0.2) is 42.5 Å². The fourth-order valence-electron chi connectivity index (χ4n) is 3.58. The quantitative estimate of drug-likeness (QED) is 0.917. The monoisotopic (exact) mass is 282 g/mol. The lowest BCUT2D eigenvalue weighted by molar-refractivity contribution is 0.131. The second-order valence-electron chi connectivity index (χ2n) is 6.34. The van der Waals surface area contributed by atoms with Gasteiger partial charge in [0.15, 0.2) is 0 Å². The molecule has 0 radical (unpaired) electrons. The highest BCUT2D eigenvalue weighted by Gasteiger charge is 2.23. The molecule has 1 fully saturated rings. The van der Waals surface area contributed by atoms with Crippen LogP contribution in [0.3, 0.4) is 0 Å².